The highest BCUT2D eigenvalue weighted by Gasteiger charge is 2.72. The number of fused-ring (bicyclic) bond motifs is 4. The molecule has 0 saturated heterocycles. The largest absolute Gasteiger partial charge is 0.463 e. The first-order valence-corrected chi connectivity index (χ1v) is 13.0. The number of carbonyl (C=O) groups is 2. The van der Waals surface area contributed by atoms with Gasteiger partial charge in [-0.25, -0.2) is 23.5 Å². The van der Waals surface area contributed by atoms with Gasteiger partial charge in [0.15, 0.2) is 11.6 Å². The van der Waals surface area contributed by atoms with E-state index in [1.54, 1.807) is 36.4 Å². The first-order chi connectivity index (χ1) is 18.1. The van der Waals surface area contributed by atoms with Gasteiger partial charge in [0.1, 0.15) is 37.9 Å². The van der Waals surface area contributed by atoms with E-state index in [4.69, 9.17) is 50.8 Å². The van der Waals surface area contributed by atoms with Crippen molar-refractivity contribution in [2.45, 2.75) is 41.3 Å². The maximum Gasteiger partial charge on any atom is 0.352 e. The Balaban J connectivity index is 1.63. The lowest BCUT2D eigenvalue weighted by atomic mass is 9.60. The minimum atomic E-state index is -2.18. The van der Waals surface area contributed by atoms with Gasteiger partial charge in [-0.2, -0.15) is 0 Å². The molecule has 1 saturated carbocycles. The number of para-hydroxylation sites is 1. The van der Waals surface area contributed by atoms with Crippen molar-refractivity contribution < 1.29 is 19.1 Å². The van der Waals surface area contributed by atoms with Crippen molar-refractivity contribution >= 4 is 58.0 Å². The molecule has 1 aliphatic heterocycles. The first-order valence-electron chi connectivity index (χ1n) is 11.5. The van der Waals surface area contributed by atoms with Crippen LogP contribution in [0, 0.1) is 0 Å². The SMILES string of the molecule is O=C1C(Cl)=C(Cl)C(=O)[C@@]2(Cl)[C@@H](c3ccc(CO)o3)C3=CCn4c(=O)n(-c5ccccc5)c(=O)n4[C@@H]3C[C@@]12Cl. The van der Waals surface area contributed by atoms with E-state index in [0.29, 0.717) is 11.3 Å². The third-order valence-corrected chi connectivity index (χ3v) is 9.69. The Morgan fingerprint density at radius 3 is 2.29 bits per heavy atom. The van der Waals surface area contributed by atoms with Crippen LogP contribution in [0.4, 0.5) is 0 Å². The van der Waals surface area contributed by atoms with Gasteiger partial charge in [0, 0.05) is 6.42 Å². The van der Waals surface area contributed by atoms with E-state index in [2.05, 4.69) is 0 Å². The smallest absolute Gasteiger partial charge is 0.352 e. The van der Waals surface area contributed by atoms with Crippen LogP contribution < -0.4 is 11.4 Å². The van der Waals surface area contributed by atoms with E-state index in [-0.39, 0.29) is 24.5 Å². The van der Waals surface area contributed by atoms with E-state index in [1.165, 1.54) is 21.5 Å². The highest BCUT2D eigenvalue weighted by atomic mass is 35.5. The van der Waals surface area contributed by atoms with Gasteiger partial charge in [0.25, 0.3) is 0 Å². The molecule has 3 aliphatic rings. The van der Waals surface area contributed by atoms with Crippen LogP contribution in [0.5, 0.6) is 0 Å². The fraction of sp³-hybridized carbons (Fsp3) is 0.280. The zero-order chi connectivity index (χ0) is 27.1. The molecule has 1 fully saturated rings. The van der Waals surface area contributed by atoms with Gasteiger partial charge in [0.05, 0.1) is 24.2 Å². The summed E-state index contributed by atoms with van der Waals surface area (Å²) in [6, 6.07) is 10.4. The van der Waals surface area contributed by atoms with E-state index in [1.807, 2.05) is 0 Å². The topological polar surface area (TPSA) is 116 Å². The van der Waals surface area contributed by atoms with Crippen molar-refractivity contribution in [1.82, 2.24) is 13.9 Å². The molecule has 9 nitrogen and oxygen atoms in total. The first kappa shape index (κ1) is 25.5. The van der Waals surface area contributed by atoms with Gasteiger partial charge in [0.2, 0.25) is 0 Å². The van der Waals surface area contributed by atoms with Crippen molar-refractivity contribution in [2.75, 3.05) is 0 Å². The average molecular weight is 597 g/mol. The molecule has 1 aromatic carbocycles. The van der Waals surface area contributed by atoms with Crippen molar-refractivity contribution in [3.63, 3.8) is 0 Å². The minimum Gasteiger partial charge on any atom is -0.463 e. The van der Waals surface area contributed by atoms with Crippen LogP contribution in [0.2, 0.25) is 0 Å². The molecule has 0 radical (unpaired) electrons. The molecule has 1 N–H and O–H groups in total. The molecule has 0 amide bonds. The number of carbonyl (C=O) groups excluding carboxylic acids is 2. The number of hydrogen-bond donors (Lipinski definition) is 1. The van der Waals surface area contributed by atoms with Gasteiger partial charge in [-0.3, -0.25) is 9.59 Å². The highest BCUT2D eigenvalue weighted by molar-refractivity contribution is 6.66. The Kier molecular flexibility index (Phi) is 5.76. The molecule has 13 heteroatoms. The molecule has 0 bridgehead atoms. The Bertz CT molecular complexity index is 1710. The number of allylic oxidation sites excluding steroid dienone is 4. The van der Waals surface area contributed by atoms with Gasteiger partial charge in [-0.1, -0.05) is 47.5 Å². The Morgan fingerprint density at radius 2 is 1.63 bits per heavy atom. The summed E-state index contributed by atoms with van der Waals surface area (Å²) in [6.45, 7) is -0.465. The molecular weight excluding hydrogens is 580 g/mol. The van der Waals surface area contributed by atoms with E-state index in [0.717, 1.165) is 4.57 Å². The number of hydrogen-bond acceptors (Lipinski definition) is 6. The molecule has 2 aliphatic carbocycles. The number of aromatic nitrogens is 3. The second-order valence-electron chi connectivity index (χ2n) is 9.28. The summed E-state index contributed by atoms with van der Waals surface area (Å²) in [5, 5.41) is 8.47. The molecule has 3 aromatic rings. The second-order valence-corrected chi connectivity index (χ2v) is 11.3. The predicted octanol–water partition coefficient (Wildman–Crippen LogP) is 3.35. The molecule has 2 aromatic heterocycles. The molecular formula is C25H17Cl4N3O6. The fourth-order valence-electron chi connectivity index (χ4n) is 5.71. The van der Waals surface area contributed by atoms with E-state index in [9.17, 15) is 24.3 Å². The maximum absolute atomic E-state index is 13.7. The fourth-order valence-corrected chi connectivity index (χ4v) is 7.22. The quantitative estimate of drug-likeness (QED) is 0.366. The lowest BCUT2D eigenvalue weighted by molar-refractivity contribution is -0.128. The maximum atomic E-state index is 13.7. The van der Waals surface area contributed by atoms with Crippen molar-refractivity contribution in [3.8, 4) is 5.69 Å². The lowest BCUT2D eigenvalue weighted by Crippen LogP contribution is -2.67. The monoisotopic (exact) mass is 595 g/mol. The standard InChI is InChI=1S/C25H17Cl4N3O6/c26-18-19(27)21(35)25(29)17(16-7-6-13(11-33)38-16)14-8-9-30-22(36)31(12-4-2-1-3-5-12)23(37)32(30)15(14)10-24(25,28)20(18)34/h1-8,15,17,33H,9-11H2/t15-,17-,24-,25+/m1/s1. The summed E-state index contributed by atoms with van der Waals surface area (Å²) >= 11 is 26.4. The molecule has 196 valence electrons. The van der Waals surface area contributed by atoms with Crippen molar-refractivity contribution in [2.24, 2.45) is 0 Å². The van der Waals surface area contributed by atoms with E-state index >= 15 is 0 Å². The molecule has 3 heterocycles. The van der Waals surface area contributed by atoms with Crippen LogP contribution in [-0.2, 0) is 22.7 Å². The number of ketones is 2. The molecule has 0 spiro atoms. The van der Waals surface area contributed by atoms with Gasteiger partial charge in [-0.15, -0.1) is 23.2 Å². The van der Waals surface area contributed by atoms with Crippen molar-refractivity contribution in [1.29, 1.82) is 0 Å². The summed E-state index contributed by atoms with van der Waals surface area (Å²) in [6.07, 6.45) is 1.33. The number of nitrogens with zero attached hydrogens (tertiary/aromatic N) is 3. The number of benzene rings is 1. The van der Waals surface area contributed by atoms with Crippen LogP contribution >= 0.6 is 46.4 Å². The number of aliphatic hydroxyl groups is 1. The zero-order valence-electron chi connectivity index (χ0n) is 19.2. The number of alkyl halides is 2. The van der Waals surface area contributed by atoms with Crippen LogP contribution in [0.3, 0.4) is 0 Å². The Labute approximate surface area is 234 Å². The number of furan rings is 1. The highest BCUT2D eigenvalue weighted by Crippen LogP contribution is 2.63. The Morgan fingerprint density at radius 1 is 0.947 bits per heavy atom. The molecule has 4 atom stereocenters. The summed E-state index contributed by atoms with van der Waals surface area (Å²) in [5.74, 6) is -2.64. The summed E-state index contributed by atoms with van der Waals surface area (Å²) in [4.78, 5) is 49.9. The average Bonchev–Trinajstić information content (AvgIpc) is 3.49. The van der Waals surface area contributed by atoms with Gasteiger partial charge in [-0.05, 0) is 29.8 Å². The Hall–Kier alpha value is -2.82. The number of Topliss-reactive ketones (excluding diaryl/α,β-unsaturated/α-hetero) is 2. The number of aliphatic hydroxyl groups excluding tert-OH is 1. The normalized spacial score (nSPS) is 28.6. The molecule has 38 heavy (non-hydrogen) atoms. The van der Waals surface area contributed by atoms with Crippen LogP contribution in [0.15, 0.2) is 78.2 Å². The zero-order valence-corrected chi connectivity index (χ0v) is 22.3. The third kappa shape index (κ3) is 3.11. The second kappa shape index (κ2) is 8.59. The van der Waals surface area contributed by atoms with Crippen LogP contribution in [0.25, 0.3) is 5.69 Å². The minimum absolute atomic E-state index is 0.0292. The van der Waals surface area contributed by atoms with Gasteiger partial charge < -0.3 is 9.52 Å². The third-order valence-electron chi connectivity index (χ3n) is 7.44. The predicted molar refractivity (Wildman–Crippen MR) is 139 cm³/mol. The van der Waals surface area contributed by atoms with E-state index < -0.39 is 61.3 Å². The molecule has 6 rings (SSSR count). The number of halogens is 4. The molecule has 0 unspecified atom stereocenters. The number of rotatable bonds is 3. The van der Waals surface area contributed by atoms with Gasteiger partial charge >= 0.3 is 11.4 Å². The summed E-state index contributed by atoms with van der Waals surface area (Å²) in [5.41, 5.74) is -0.459. The summed E-state index contributed by atoms with van der Waals surface area (Å²) < 4.78 is 9.27. The van der Waals surface area contributed by atoms with Crippen LogP contribution in [0.1, 0.15) is 29.9 Å². The lowest BCUT2D eigenvalue weighted by Gasteiger charge is -2.53. The summed E-state index contributed by atoms with van der Waals surface area (Å²) in [7, 11) is 0. The van der Waals surface area contributed by atoms with Crippen LogP contribution in [-0.4, -0.2) is 40.4 Å². The van der Waals surface area contributed by atoms with Crippen molar-refractivity contribution in [3.05, 3.63) is 96.7 Å².